The molecule has 2 aromatic carbocycles. The summed E-state index contributed by atoms with van der Waals surface area (Å²) in [4.78, 5) is 11.0. The van der Waals surface area contributed by atoms with Crippen molar-refractivity contribution in [3.05, 3.63) is 62.5 Å². The molecule has 1 atom stereocenters. The average molecular weight is 399 g/mol. The maximum absolute atomic E-state index is 11.0. The van der Waals surface area contributed by atoms with Gasteiger partial charge in [0.2, 0.25) is 0 Å². The van der Waals surface area contributed by atoms with Crippen LogP contribution in [0.25, 0.3) is 0 Å². The Morgan fingerprint density at radius 2 is 1.80 bits per heavy atom. The maximum atomic E-state index is 11.0. The number of benzene rings is 2. The van der Waals surface area contributed by atoms with Crippen LogP contribution < -0.4 is 5.32 Å². The number of nitrogens with one attached hydrogen (secondary N) is 1. The van der Waals surface area contributed by atoms with Gasteiger partial charge in [-0.15, -0.1) is 0 Å². The standard InChI is InChI=1S/C15H13Br2NO2/c1-9(10-2-4-11(16)5-3-10)18-12-6-7-13(15(19)20)14(17)8-12/h2-9,18H,1H3,(H,19,20). The molecule has 2 N–H and O–H groups in total. The van der Waals surface area contributed by atoms with Crippen LogP contribution in [0.4, 0.5) is 5.69 Å². The van der Waals surface area contributed by atoms with E-state index < -0.39 is 5.97 Å². The normalized spacial score (nSPS) is 11.9. The lowest BCUT2D eigenvalue weighted by molar-refractivity contribution is 0.0696. The first-order chi connectivity index (χ1) is 9.47. The predicted molar refractivity (Wildman–Crippen MR) is 87.3 cm³/mol. The quantitative estimate of drug-likeness (QED) is 0.754. The van der Waals surface area contributed by atoms with Crippen LogP contribution in [0.1, 0.15) is 28.9 Å². The number of carboxylic acid groups (broad SMARTS) is 1. The summed E-state index contributed by atoms with van der Waals surface area (Å²) in [5.41, 5.74) is 2.29. The van der Waals surface area contributed by atoms with E-state index in [-0.39, 0.29) is 11.6 Å². The van der Waals surface area contributed by atoms with Crippen LogP contribution >= 0.6 is 31.9 Å². The molecular weight excluding hydrogens is 386 g/mol. The van der Waals surface area contributed by atoms with Crippen molar-refractivity contribution in [2.24, 2.45) is 0 Å². The van der Waals surface area contributed by atoms with Crippen LogP contribution in [0, 0.1) is 0 Å². The lowest BCUT2D eigenvalue weighted by atomic mass is 10.1. The summed E-state index contributed by atoms with van der Waals surface area (Å²) in [6.07, 6.45) is 0. The van der Waals surface area contributed by atoms with Gasteiger partial charge >= 0.3 is 5.97 Å². The van der Waals surface area contributed by atoms with E-state index >= 15 is 0 Å². The van der Waals surface area contributed by atoms with E-state index in [0.717, 1.165) is 15.7 Å². The molecular formula is C15H13Br2NO2. The lowest BCUT2D eigenvalue weighted by Gasteiger charge is -2.16. The smallest absolute Gasteiger partial charge is 0.336 e. The van der Waals surface area contributed by atoms with Crippen LogP contribution in [0.15, 0.2) is 51.4 Å². The van der Waals surface area contributed by atoms with Gasteiger partial charge < -0.3 is 10.4 Å². The molecule has 0 amide bonds. The Labute approximate surface area is 134 Å². The Bertz CT molecular complexity index is 626. The van der Waals surface area contributed by atoms with Crippen LogP contribution in [0.2, 0.25) is 0 Å². The van der Waals surface area contributed by atoms with Gasteiger partial charge in [-0.05, 0) is 58.7 Å². The fourth-order valence-electron chi connectivity index (χ4n) is 1.86. The molecule has 0 heterocycles. The zero-order valence-corrected chi connectivity index (χ0v) is 13.9. The summed E-state index contributed by atoms with van der Waals surface area (Å²) >= 11 is 6.69. The van der Waals surface area contributed by atoms with Gasteiger partial charge in [0.25, 0.3) is 0 Å². The molecule has 1 unspecified atom stereocenters. The number of hydrogen-bond acceptors (Lipinski definition) is 2. The van der Waals surface area contributed by atoms with E-state index in [1.54, 1.807) is 18.2 Å². The Hall–Kier alpha value is -1.33. The Kier molecular flexibility index (Phi) is 4.83. The van der Waals surface area contributed by atoms with Crippen LogP contribution in [0.3, 0.4) is 0 Å². The first-order valence-corrected chi connectivity index (χ1v) is 7.61. The fraction of sp³-hybridized carbons (Fsp3) is 0.133. The highest BCUT2D eigenvalue weighted by Crippen LogP contribution is 2.25. The Morgan fingerprint density at radius 3 is 2.35 bits per heavy atom. The van der Waals surface area contributed by atoms with E-state index in [1.807, 2.05) is 24.3 Å². The molecule has 3 nitrogen and oxygen atoms in total. The summed E-state index contributed by atoms with van der Waals surface area (Å²) in [7, 11) is 0. The number of hydrogen-bond donors (Lipinski definition) is 2. The summed E-state index contributed by atoms with van der Waals surface area (Å²) in [6.45, 7) is 2.06. The van der Waals surface area contributed by atoms with E-state index in [1.165, 1.54) is 0 Å². The average Bonchev–Trinajstić information content (AvgIpc) is 2.39. The molecule has 0 aliphatic heterocycles. The molecule has 2 aromatic rings. The highest BCUT2D eigenvalue weighted by molar-refractivity contribution is 9.10. The van der Waals surface area contributed by atoms with E-state index in [0.29, 0.717) is 4.47 Å². The molecule has 0 aliphatic rings. The molecule has 5 heteroatoms. The van der Waals surface area contributed by atoms with E-state index in [2.05, 4.69) is 44.1 Å². The van der Waals surface area contributed by atoms with Gasteiger partial charge in [0.15, 0.2) is 0 Å². The minimum Gasteiger partial charge on any atom is -0.478 e. The minimum absolute atomic E-state index is 0.130. The van der Waals surface area contributed by atoms with Gasteiger partial charge in [-0.2, -0.15) is 0 Å². The van der Waals surface area contributed by atoms with Gasteiger partial charge in [0.05, 0.1) is 5.56 Å². The minimum atomic E-state index is -0.940. The molecule has 0 fully saturated rings. The number of carboxylic acids is 1. The molecule has 0 saturated heterocycles. The summed E-state index contributed by atoms with van der Waals surface area (Å²) in [5, 5.41) is 12.3. The van der Waals surface area contributed by atoms with Crippen LogP contribution in [-0.4, -0.2) is 11.1 Å². The van der Waals surface area contributed by atoms with Crippen LogP contribution in [-0.2, 0) is 0 Å². The number of halogens is 2. The molecule has 0 bridgehead atoms. The molecule has 104 valence electrons. The number of anilines is 1. The zero-order valence-electron chi connectivity index (χ0n) is 10.7. The van der Waals surface area contributed by atoms with Crippen molar-refractivity contribution in [3.8, 4) is 0 Å². The van der Waals surface area contributed by atoms with Crippen molar-refractivity contribution in [2.45, 2.75) is 13.0 Å². The van der Waals surface area contributed by atoms with Crippen molar-refractivity contribution >= 4 is 43.5 Å². The molecule has 2 rings (SSSR count). The zero-order chi connectivity index (χ0) is 14.7. The SMILES string of the molecule is CC(Nc1ccc(C(=O)O)c(Br)c1)c1ccc(Br)cc1. The van der Waals surface area contributed by atoms with Gasteiger partial charge in [-0.3, -0.25) is 0 Å². The topological polar surface area (TPSA) is 49.3 Å². The second-order valence-corrected chi connectivity index (χ2v) is 6.19. The summed E-state index contributed by atoms with van der Waals surface area (Å²) in [6, 6.07) is 13.3. The molecule has 0 radical (unpaired) electrons. The third-order valence-electron chi connectivity index (χ3n) is 2.95. The van der Waals surface area contributed by atoms with Crippen LogP contribution in [0.5, 0.6) is 0 Å². The molecule has 0 saturated carbocycles. The first kappa shape index (κ1) is 15.1. The van der Waals surface area contributed by atoms with Crippen molar-refractivity contribution in [3.63, 3.8) is 0 Å². The summed E-state index contributed by atoms with van der Waals surface area (Å²) in [5.74, 6) is -0.940. The summed E-state index contributed by atoms with van der Waals surface area (Å²) < 4.78 is 1.61. The first-order valence-electron chi connectivity index (χ1n) is 6.02. The molecule has 0 aromatic heterocycles. The third kappa shape index (κ3) is 3.61. The van der Waals surface area contributed by atoms with Crippen molar-refractivity contribution in [2.75, 3.05) is 5.32 Å². The Balaban J connectivity index is 2.15. The monoisotopic (exact) mass is 397 g/mol. The van der Waals surface area contributed by atoms with Gasteiger partial charge in [-0.1, -0.05) is 28.1 Å². The fourth-order valence-corrected chi connectivity index (χ4v) is 2.68. The molecule has 0 aliphatic carbocycles. The Morgan fingerprint density at radius 1 is 1.15 bits per heavy atom. The largest absolute Gasteiger partial charge is 0.478 e. The second kappa shape index (κ2) is 6.41. The van der Waals surface area contributed by atoms with Crippen molar-refractivity contribution in [1.29, 1.82) is 0 Å². The highest BCUT2D eigenvalue weighted by atomic mass is 79.9. The van der Waals surface area contributed by atoms with Crippen molar-refractivity contribution < 1.29 is 9.90 Å². The van der Waals surface area contributed by atoms with Gasteiger partial charge in [0, 0.05) is 20.7 Å². The number of carbonyl (C=O) groups is 1. The lowest BCUT2D eigenvalue weighted by Crippen LogP contribution is -2.07. The molecule has 20 heavy (non-hydrogen) atoms. The second-order valence-electron chi connectivity index (χ2n) is 4.42. The predicted octanol–water partition coefficient (Wildman–Crippen LogP) is 5.08. The van der Waals surface area contributed by atoms with Gasteiger partial charge in [-0.25, -0.2) is 4.79 Å². The molecule has 0 spiro atoms. The van der Waals surface area contributed by atoms with Gasteiger partial charge in [0.1, 0.15) is 0 Å². The highest BCUT2D eigenvalue weighted by Gasteiger charge is 2.10. The van der Waals surface area contributed by atoms with E-state index in [9.17, 15) is 4.79 Å². The maximum Gasteiger partial charge on any atom is 0.336 e. The third-order valence-corrected chi connectivity index (χ3v) is 4.14. The van der Waals surface area contributed by atoms with E-state index in [4.69, 9.17) is 5.11 Å². The van der Waals surface area contributed by atoms with Crippen molar-refractivity contribution in [1.82, 2.24) is 0 Å². The number of rotatable bonds is 4. The number of aromatic carboxylic acids is 1.